The van der Waals surface area contributed by atoms with Gasteiger partial charge in [0.25, 0.3) is 5.88 Å². The van der Waals surface area contributed by atoms with Crippen LogP contribution in [0.1, 0.15) is 11.3 Å². The molecule has 7 heteroatoms. The Morgan fingerprint density at radius 1 is 1.38 bits per heavy atom. The molecule has 0 aliphatic rings. The Hall–Kier alpha value is -2.41. The lowest BCUT2D eigenvalue weighted by Crippen LogP contribution is -2.43. The van der Waals surface area contributed by atoms with E-state index in [1.807, 2.05) is 30.3 Å². The van der Waals surface area contributed by atoms with E-state index >= 15 is 0 Å². The molecule has 2 rings (SSSR count). The number of hydrogen-bond acceptors (Lipinski definition) is 6. The number of benzene rings is 1. The summed E-state index contributed by atoms with van der Waals surface area (Å²) >= 11 is 0. The van der Waals surface area contributed by atoms with Crippen LogP contribution < -0.4 is 15.8 Å². The largest absolute Gasteiger partial charge is 0.472 e. The molecule has 7 nitrogen and oxygen atoms in total. The summed E-state index contributed by atoms with van der Waals surface area (Å²) in [5.41, 5.74) is 7.46. The number of hydrogen-bond donors (Lipinski definition) is 2. The molecule has 2 aromatic rings. The maximum Gasteiger partial charge on any atom is 0.278 e. The quantitative estimate of drug-likeness (QED) is 0.717. The summed E-state index contributed by atoms with van der Waals surface area (Å²) in [5, 5.41) is 9.88. The molecule has 0 fully saturated rings. The minimum Gasteiger partial charge on any atom is -0.472 e. The number of carbonyl (C=O) groups is 1. The monoisotopic (exact) mass is 290 g/mol. The van der Waals surface area contributed by atoms with Gasteiger partial charge in [0.2, 0.25) is 5.91 Å². The molecule has 1 atom stereocenters. The molecule has 0 aliphatic carbocycles. The lowest BCUT2D eigenvalue weighted by atomic mass is 10.1. The molecular formula is C14H18N4O3. The molecule has 1 aromatic carbocycles. The van der Waals surface area contributed by atoms with E-state index in [-0.39, 0.29) is 12.5 Å². The molecule has 0 radical (unpaired) electrons. The van der Waals surface area contributed by atoms with E-state index in [2.05, 4.69) is 20.3 Å². The van der Waals surface area contributed by atoms with E-state index in [0.717, 1.165) is 5.56 Å². The highest BCUT2D eigenvalue weighted by molar-refractivity contribution is 5.81. The average Bonchev–Trinajstić information content (AvgIpc) is 2.90. The van der Waals surface area contributed by atoms with E-state index in [1.165, 1.54) is 0 Å². The van der Waals surface area contributed by atoms with Gasteiger partial charge in [-0.15, -0.1) is 0 Å². The van der Waals surface area contributed by atoms with Gasteiger partial charge in [-0.05, 0) is 24.1 Å². The third-order valence-corrected chi connectivity index (χ3v) is 2.89. The highest BCUT2D eigenvalue weighted by atomic mass is 16.6. The molecular weight excluding hydrogens is 272 g/mol. The number of amides is 1. The van der Waals surface area contributed by atoms with Crippen LogP contribution in [0.5, 0.6) is 5.88 Å². The van der Waals surface area contributed by atoms with Gasteiger partial charge in [-0.25, -0.2) is 4.63 Å². The van der Waals surface area contributed by atoms with Crippen LogP contribution in [0.4, 0.5) is 0 Å². The van der Waals surface area contributed by atoms with Crippen molar-refractivity contribution < 1.29 is 14.2 Å². The fraction of sp³-hybridized carbons (Fsp3) is 0.357. The first-order chi connectivity index (χ1) is 10.2. The van der Waals surface area contributed by atoms with Gasteiger partial charge in [-0.1, -0.05) is 35.5 Å². The molecule has 1 amide bonds. The number of ether oxygens (including phenoxy) is 1. The van der Waals surface area contributed by atoms with Crippen LogP contribution in [-0.4, -0.2) is 35.4 Å². The van der Waals surface area contributed by atoms with Crippen molar-refractivity contribution in [3.05, 3.63) is 41.6 Å². The number of carbonyl (C=O) groups excluding carboxylic acids is 1. The van der Waals surface area contributed by atoms with E-state index in [0.29, 0.717) is 24.5 Å². The summed E-state index contributed by atoms with van der Waals surface area (Å²) in [4.78, 5) is 11.8. The van der Waals surface area contributed by atoms with Gasteiger partial charge in [0.15, 0.2) is 0 Å². The van der Waals surface area contributed by atoms with Crippen LogP contribution in [0.3, 0.4) is 0 Å². The maximum atomic E-state index is 11.8. The molecule has 0 saturated carbocycles. The molecule has 0 spiro atoms. The first-order valence-electron chi connectivity index (χ1n) is 6.66. The number of aryl methyl sites for hydroxylation is 1. The Morgan fingerprint density at radius 3 is 2.81 bits per heavy atom. The van der Waals surface area contributed by atoms with Crippen LogP contribution in [0, 0.1) is 6.92 Å². The highest BCUT2D eigenvalue weighted by Gasteiger charge is 2.13. The second-order valence-electron chi connectivity index (χ2n) is 4.59. The summed E-state index contributed by atoms with van der Waals surface area (Å²) in [7, 11) is 0. The van der Waals surface area contributed by atoms with Crippen molar-refractivity contribution in [3.63, 3.8) is 0 Å². The van der Waals surface area contributed by atoms with Crippen LogP contribution >= 0.6 is 0 Å². The Kier molecular flexibility index (Phi) is 5.28. The Balaban J connectivity index is 1.68. The zero-order valence-corrected chi connectivity index (χ0v) is 11.8. The van der Waals surface area contributed by atoms with Crippen LogP contribution in [0.15, 0.2) is 35.0 Å². The van der Waals surface area contributed by atoms with E-state index in [4.69, 9.17) is 10.5 Å². The predicted octanol–water partition coefficient (Wildman–Crippen LogP) is 0.443. The topological polar surface area (TPSA) is 103 Å². The van der Waals surface area contributed by atoms with Crippen molar-refractivity contribution in [2.45, 2.75) is 19.4 Å². The van der Waals surface area contributed by atoms with Gasteiger partial charge in [-0.2, -0.15) is 0 Å². The average molecular weight is 290 g/mol. The van der Waals surface area contributed by atoms with Crippen molar-refractivity contribution in [2.24, 2.45) is 5.73 Å². The zero-order valence-electron chi connectivity index (χ0n) is 11.8. The van der Waals surface area contributed by atoms with E-state index < -0.39 is 6.04 Å². The molecule has 21 heavy (non-hydrogen) atoms. The smallest absolute Gasteiger partial charge is 0.278 e. The first-order valence-corrected chi connectivity index (χ1v) is 6.66. The molecule has 0 saturated heterocycles. The minimum absolute atomic E-state index is 0.211. The molecule has 0 aliphatic heterocycles. The number of aromatic nitrogens is 2. The minimum atomic E-state index is -0.581. The molecule has 3 N–H and O–H groups in total. The lowest BCUT2D eigenvalue weighted by Gasteiger charge is -2.12. The number of nitrogens with two attached hydrogens (primary N) is 1. The maximum absolute atomic E-state index is 11.8. The number of nitrogens with zero attached hydrogens (tertiary/aromatic N) is 2. The molecule has 112 valence electrons. The van der Waals surface area contributed by atoms with Crippen molar-refractivity contribution >= 4 is 5.91 Å². The van der Waals surface area contributed by atoms with Crippen molar-refractivity contribution in [1.29, 1.82) is 0 Å². The third kappa shape index (κ3) is 4.57. The highest BCUT2D eigenvalue weighted by Crippen LogP contribution is 2.09. The fourth-order valence-corrected chi connectivity index (χ4v) is 1.77. The normalized spacial score (nSPS) is 11.9. The number of nitrogens with one attached hydrogen (secondary N) is 1. The van der Waals surface area contributed by atoms with Crippen LogP contribution in [0.2, 0.25) is 0 Å². The van der Waals surface area contributed by atoms with E-state index in [9.17, 15) is 4.79 Å². The first kappa shape index (κ1) is 15.0. The molecule has 0 unspecified atom stereocenters. The fourth-order valence-electron chi connectivity index (χ4n) is 1.77. The summed E-state index contributed by atoms with van der Waals surface area (Å²) < 4.78 is 9.80. The van der Waals surface area contributed by atoms with Gasteiger partial charge in [0.05, 0.1) is 12.6 Å². The van der Waals surface area contributed by atoms with Gasteiger partial charge in [0.1, 0.15) is 12.3 Å². The summed E-state index contributed by atoms with van der Waals surface area (Å²) in [6.07, 6.45) is 0.500. The predicted molar refractivity (Wildman–Crippen MR) is 75.7 cm³/mol. The summed E-state index contributed by atoms with van der Waals surface area (Å²) in [6, 6.07) is 9.06. The Bertz CT molecular complexity index is 571. The van der Waals surface area contributed by atoms with Gasteiger partial charge in [-0.3, -0.25) is 4.79 Å². The van der Waals surface area contributed by atoms with Crippen molar-refractivity contribution in [3.8, 4) is 5.88 Å². The second-order valence-corrected chi connectivity index (χ2v) is 4.59. The lowest BCUT2D eigenvalue weighted by molar-refractivity contribution is -0.122. The molecule has 1 aromatic heterocycles. The van der Waals surface area contributed by atoms with Crippen LogP contribution in [-0.2, 0) is 11.2 Å². The van der Waals surface area contributed by atoms with Crippen molar-refractivity contribution in [1.82, 2.24) is 15.6 Å². The molecule has 0 bridgehead atoms. The zero-order chi connectivity index (χ0) is 15.1. The van der Waals surface area contributed by atoms with Crippen LogP contribution in [0.25, 0.3) is 0 Å². The van der Waals surface area contributed by atoms with Crippen molar-refractivity contribution in [2.75, 3.05) is 13.2 Å². The Labute approximate surface area is 122 Å². The van der Waals surface area contributed by atoms with Gasteiger partial charge < -0.3 is 15.8 Å². The second kappa shape index (κ2) is 7.39. The Morgan fingerprint density at radius 2 is 2.14 bits per heavy atom. The SMILES string of the molecule is Cc1nonc1OCCNC(=O)[C@@H](N)Cc1ccccc1. The van der Waals surface area contributed by atoms with Gasteiger partial charge >= 0.3 is 0 Å². The standard InChI is InChI=1S/C14H18N4O3/c1-10-14(18-21-17-10)20-8-7-16-13(19)12(15)9-11-5-3-2-4-6-11/h2-6,12H,7-9,15H2,1H3,(H,16,19)/t12-/m0/s1. The van der Waals surface area contributed by atoms with Gasteiger partial charge in [0, 0.05) is 0 Å². The summed E-state index contributed by atoms with van der Waals surface area (Å²) in [5.74, 6) is 0.121. The molecule has 1 heterocycles. The third-order valence-electron chi connectivity index (χ3n) is 2.89. The van der Waals surface area contributed by atoms with E-state index in [1.54, 1.807) is 6.92 Å². The number of rotatable bonds is 7. The summed E-state index contributed by atoms with van der Waals surface area (Å²) in [6.45, 7) is 2.34.